The highest BCUT2D eigenvalue weighted by molar-refractivity contribution is 6.30. The van der Waals surface area contributed by atoms with Crippen molar-refractivity contribution >= 4 is 17.2 Å². The van der Waals surface area contributed by atoms with Crippen molar-refractivity contribution in [1.29, 1.82) is 0 Å². The van der Waals surface area contributed by atoms with Crippen LogP contribution >= 0.6 is 11.6 Å². The second-order valence-corrected chi connectivity index (χ2v) is 10.3. The van der Waals surface area contributed by atoms with Gasteiger partial charge in [-0.3, -0.25) is 14.2 Å². The number of pyridine rings is 1. The van der Waals surface area contributed by atoms with E-state index >= 15 is 4.39 Å². The van der Waals surface area contributed by atoms with Crippen molar-refractivity contribution in [2.75, 3.05) is 6.61 Å². The predicted molar refractivity (Wildman–Crippen MR) is 136 cm³/mol. The zero-order valence-corrected chi connectivity index (χ0v) is 20.9. The van der Waals surface area contributed by atoms with Crippen LogP contribution in [-0.4, -0.2) is 26.0 Å². The molecule has 0 amide bonds. The number of rotatable bonds is 3. The molecule has 0 bridgehead atoms. The number of fused-ring (bicyclic) bond motifs is 2. The maximum atomic E-state index is 15.1. The summed E-state index contributed by atoms with van der Waals surface area (Å²) in [6.07, 6.45) is 6.53. The van der Waals surface area contributed by atoms with Crippen molar-refractivity contribution in [3.05, 3.63) is 92.1 Å². The Labute approximate surface area is 213 Å². The largest absolute Gasteiger partial charge is 0.373 e. The summed E-state index contributed by atoms with van der Waals surface area (Å²) in [7, 11) is 0. The fourth-order valence-electron chi connectivity index (χ4n) is 5.48. The Kier molecular flexibility index (Phi) is 5.85. The number of nitrogens with zero attached hydrogens (tertiary/aromatic N) is 4. The molecule has 184 valence electrons. The highest BCUT2D eigenvalue weighted by Crippen LogP contribution is 2.39. The molecule has 1 fully saturated rings. The Balaban J connectivity index is 1.52. The van der Waals surface area contributed by atoms with Gasteiger partial charge in [-0.25, -0.2) is 14.4 Å². The first-order valence-corrected chi connectivity index (χ1v) is 12.7. The molecule has 1 saturated heterocycles. The van der Waals surface area contributed by atoms with Crippen molar-refractivity contribution in [1.82, 2.24) is 19.4 Å². The smallest absolute Gasteiger partial charge is 0.261 e. The lowest BCUT2D eigenvalue weighted by molar-refractivity contribution is 0.00451. The molecule has 0 radical (unpaired) electrons. The lowest BCUT2D eigenvalue weighted by Crippen LogP contribution is -2.24. The van der Waals surface area contributed by atoms with E-state index < -0.39 is 5.82 Å². The molecular weight excluding hydrogens is 479 g/mol. The zero-order valence-electron chi connectivity index (χ0n) is 20.2. The van der Waals surface area contributed by atoms with Crippen LogP contribution in [0.25, 0.3) is 16.9 Å². The molecule has 8 heteroatoms. The van der Waals surface area contributed by atoms with Crippen LogP contribution in [0.15, 0.2) is 47.5 Å². The van der Waals surface area contributed by atoms with Crippen molar-refractivity contribution < 1.29 is 9.13 Å². The minimum Gasteiger partial charge on any atom is -0.373 e. The van der Waals surface area contributed by atoms with E-state index in [0.717, 1.165) is 41.1 Å². The molecule has 36 heavy (non-hydrogen) atoms. The second-order valence-electron chi connectivity index (χ2n) is 9.86. The van der Waals surface area contributed by atoms with Crippen molar-refractivity contribution in [3.63, 3.8) is 0 Å². The lowest BCUT2D eigenvalue weighted by atomic mass is 9.89. The van der Waals surface area contributed by atoms with Gasteiger partial charge in [-0.1, -0.05) is 18.5 Å². The molecule has 3 aromatic heterocycles. The van der Waals surface area contributed by atoms with E-state index in [-0.39, 0.29) is 29.1 Å². The van der Waals surface area contributed by atoms with Gasteiger partial charge in [-0.05, 0) is 74.4 Å². The number of hydrogen-bond acceptors (Lipinski definition) is 5. The van der Waals surface area contributed by atoms with Crippen LogP contribution in [0.3, 0.4) is 0 Å². The number of benzene rings is 1. The zero-order chi connectivity index (χ0) is 25.0. The average molecular weight is 505 g/mol. The fraction of sp³-hybridized carbons (Fsp3) is 0.357. The van der Waals surface area contributed by atoms with Crippen LogP contribution in [0, 0.1) is 12.7 Å². The minimum atomic E-state index is -0.492. The van der Waals surface area contributed by atoms with Crippen molar-refractivity contribution in [2.24, 2.45) is 0 Å². The third-order valence-corrected chi connectivity index (χ3v) is 7.66. The number of ether oxygens (including phenoxy) is 1. The molecule has 3 atom stereocenters. The van der Waals surface area contributed by atoms with Gasteiger partial charge in [0.15, 0.2) is 5.65 Å². The summed E-state index contributed by atoms with van der Waals surface area (Å²) in [5.41, 5.74) is 5.22. The molecule has 1 aliphatic heterocycles. The Bertz CT molecular complexity index is 1550. The first kappa shape index (κ1) is 23.3. The summed E-state index contributed by atoms with van der Waals surface area (Å²) in [6, 6.07) is 8.52. The van der Waals surface area contributed by atoms with Crippen LogP contribution < -0.4 is 5.56 Å². The molecule has 0 spiro atoms. The van der Waals surface area contributed by atoms with Crippen LogP contribution in [0.5, 0.6) is 0 Å². The summed E-state index contributed by atoms with van der Waals surface area (Å²) in [4.78, 5) is 27.7. The molecule has 6 nitrogen and oxygen atoms in total. The van der Waals surface area contributed by atoms with Gasteiger partial charge in [0, 0.05) is 46.8 Å². The Morgan fingerprint density at radius 3 is 2.83 bits per heavy atom. The highest BCUT2D eigenvalue weighted by atomic mass is 35.5. The molecule has 2 aliphatic rings. The van der Waals surface area contributed by atoms with Gasteiger partial charge in [0.25, 0.3) is 5.56 Å². The summed E-state index contributed by atoms with van der Waals surface area (Å²) in [5.74, 6) is -0.274. The summed E-state index contributed by atoms with van der Waals surface area (Å²) < 4.78 is 22.8. The van der Waals surface area contributed by atoms with Crippen LogP contribution in [0.2, 0.25) is 5.02 Å². The van der Waals surface area contributed by atoms with E-state index in [0.29, 0.717) is 35.8 Å². The van der Waals surface area contributed by atoms with Crippen molar-refractivity contribution in [2.45, 2.75) is 57.5 Å². The molecule has 4 heterocycles. The minimum absolute atomic E-state index is 0.0369. The van der Waals surface area contributed by atoms with Gasteiger partial charge in [-0.15, -0.1) is 0 Å². The van der Waals surface area contributed by atoms with Gasteiger partial charge >= 0.3 is 0 Å². The standard InChI is InChI=1S/C28H26ClFN4O2/c1-15-3-5-21-25(15)33-27-26(20-6-4-19(29)13-22(20)30)32-23(14-34(27)28(21)35)17-8-10-36-24(12-17)18-7-9-31-16(2)11-18/h4,6-7,9,11,13-15,17,24H,3,5,8,10,12H2,1-2H3/t15?,17-,24+/m1/s1. The summed E-state index contributed by atoms with van der Waals surface area (Å²) >= 11 is 6.03. The van der Waals surface area contributed by atoms with Crippen molar-refractivity contribution in [3.8, 4) is 11.3 Å². The second kappa shape index (κ2) is 9.05. The van der Waals surface area contributed by atoms with Crippen LogP contribution in [0.4, 0.5) is 4.39 Å². The van der Waals surface area contributed by atoms with Gasteiger partial charge in [0.05, 0.1) is 17.5 Å². The van der Waals surface area contributed by atoms with E-state index in [9.17, 15) is 4.79 Å². The van der Waals surface area contributed by atoms with E-state index in [1.165, 1.54) is 6.07 Å². The van der Waals surface area contributed by atoms with Crippen LogP contribution in [-0.2, 0) is 11.2 Å². The Hall–Kier alpha value is -3.16. The van der Waals surface area contributed by atoms with Gasteiger partial charge in [0.1, 0.15) is 11.5 Å². The summed E-state index contributed by atoms with van der Waals surface area (Å²) in [5, 5.41) is 0.302. The monoisotopic (exact) mass is 504 g/mol. The first-order chi connectivity index (χ1) is 17.4. The molecule has 1 unspecified atom stereocenters. The van der Waals surface area contributed by atoms with Gasteiger partial charge < -0.3 is 4.74 Å². The maximum Gasteiger partial charge on any atom is 0.261 e. The highest BCUT2D eigenvalue weighted by Gasteiger charge is 2.30. The predicted octanol–water partition coefficient (Wildman–Crippen LogP) is 5.94. The number of hydrogen-bond donors (Lipinski definition) is 0. The van der Waals surface area contributed by atoms with E-state index in [2.05, 4.69) is 11.9 Å². The van der Waals surface area contributed by atoms with E-state index in [4.69, 9.17) is 26.3 Å². The number of aryl methyl sites for hydroxylation is 1. The number of halogens is 2. The number of aromatic nitrogens is 4. The molecular formula is C28H26ClFN4O2. The topological polar surface area (TPSA) is 69.4 Å². The molecule has 6 rings (SSSR count). The Morgan fingerprint density at radius 2 is 2.03 bits per heavy atom. The van der Waals surface area contributed by atoms with Gasteiger partial charge in [0.2, 0.25) is 0 Å². The molecule has 1 aliphatic carbocycles. The van der Waals surface area contributed by atoms with E-state index in [1.807, 2.05) is 19.1 Å². The molecule has 1 aromatic carbocycles. The van der Waals surface area contributed by atoms with Gasteiger partial charge in [-0.2, -0.15) is 0 Å². The quantitative estimate of drug-likeness (QED) is 0.345. The average Bonchev–Trinajstić information content (AvgIpc) is 3.25. The molecule has 0 saturated carbocycles. The molecule has 0 N–H and O–H groups in total. The normalized spacial score (nSPS) is 21.6. The van der Waals surface area contributed by atoms with Crippen LogP contribution in [0.1, 0.15) is 72.3 Å². The SMILES string of the molecule is Cc1cc([C@@H]2C[C@H](c3cn4c(=O)c5c(nc4c(-c4ccc(Cl)cc4F)n3)C(C)CC5)CCO2)ccn1. The lowest BCUT2D eigenvalue weighted by Gasteiger charge is -2.30. The first-order valence-electron chi connectivity index (χ1n) is 12.3. The molecule has 4 aromatic rings. The third kappa shape index (κ3) is 4.00. The third-order valence-electron chi connectivity index (χ3n) is 7.43. The Morgan fingerprint density at radius 1 is 1.17 bits per heavy atom. The fourth-order valence-corrected chi connectivity index (χ4v) is 5.64. The van der Waals surface area contributed by atoms with E-state index in [1.54, 1.807) is 28.9 Å². The maximum absolute atomic E-state index is 15.1. The summed E-state index contributed by atoms with van der Waals surface area (Å²) in [6.45, 7) is 4.60.